The van der Waals surface area contributed by atoms with Crippen molar-refractivity contribution in [2.24, 2.45) is 0 Å². The molecule has 0 atom stereocenters. The SMILES string of the molecule is CC(C)S(=O)(=O)c1ccc(C(=O)Nc2nc(-c3cc([N+](=O)[O-])cs3)cs2)cc1. The van der Waals surface area contributed by atoms with Crippen LogP contribution in [0.15, 0.2) is 46.0 Å². The molecule has 0 bridgehead atoms. The molecule has 1 N–H and O–H groups in total. The number of carbonyl (C=O) groups is 1. The molecule has 1 amide bonds. The van der Waals surface area contributed by atoms with Crippen molar-refractivity contribution in [3.05, 3.63) is 56.8 Å². The number of nitro groups is 1. The van der Waals surface area contributed by atoms with Gasteiger partial charge < -0.3 is 0 Å². The monoisotopic (exact) mass is 437 g/mol. The zero-order valence-electron chi connectivity index (χ0n) is 14.8. The summed E-state index contributed by atoms with van der Waals surface area (Å²) in [6.07, 6.45) is 0. The second-order valence-corrected chi connectivity index (χ2v) is 10.3. The van der Waals surface area contributed by atoms with E-state index in [0.717, 1.165) is 0 Å². The third-order valence-electron chi connectivity index (χ3n) is 3.84. The number of carbonyl (C=O) groups excluding carboxylic acids is 1. The summed E-state index contributed by atoms with van der Waals surface area (Å²) in [6, 6.07) is 7.13. The Labute approximate surface area is 168 Å². The first-order valence-electron chi connectivity index (χ1n) is 8.02. The molecule has 2 heterocycles. The highest BCUT2D eigenvalue weighted by Gasteiger charge is 2.20. The zero-order chi connectivity index (χ0) is 20.5. The molecule has 0 fully saturated rings. The van der Waals surface area contributed by atoms with Gasteiger partial charge in [0.1, 0.15) is 0 Å². The third kappa shape index (κ3) is 4.11. The molecular formula is C17H15N3O5S3. The molecule has 0 saturated heterocycles. The van der Waals surface area contributed by atoms with E-state index in [4.69, 9.17) is 0 Å². The molecule has 11 heteroatoms. The highest BCUT2D eigenvalue weighted by Crippen LogP contribution is 2.33. The third-order valence-corrected chi connectivity index (χ3v) is 7.71. The molecule has 2 aromatic heterocycles. The lowest BCUT2D eigenvalue weighted by Gasteiger charge is -2.08. The smallest absolute Gasteiger partial charge is 0.280 e. The largest absolute Gasteiger partial charge is 0.298 e. The minimum atomic E-state index is -3.40. The Morgan fingerprint density at radius 3 is 2.43 bits per heavy atom. The van der Waals surface area contributed by atoms with Crippen LogP contribution in [0, 0.1) is 10.1 Å². The van der Waals surface area contributed by atoms with E-state index in [2.05, 4.69) is 10.3 Å². The summed E-state index contributed by atoms with van der Waals surface area (Å²) in [6.45, 7) is 3.19. The number of sulfone groups is 1. The topological polar surface area (TPSA) is 119 Å². The molecule has 3 aromatic rings. The number of thiophene rings is 1. The molecule has 0 radical (unpaired) electrons. The second kappa shape index (κ2) is 7.78. The van der Waals surface area contributed by atoms with Gasteiger partial charge in [0.2, 0.25) is 0 Å². The van der Waals surface area contributed by atoms with Crippen molar-refractivity contribution in [2.45, 2.75) is 24.0 Å². The van der Waals surface area contributed by atoms with Gasteiger partial charge in [0.15, 0.2) is 15.0 Å². The fraction of sp³-hybridized carbons (Fsp3) is 0.176. The number of aromatic nitrogens is 1. The van der Waals surface area contributed by atoms with E-state index in [1.54, 1.807) is 19.2 Å². The first-order valence-corrected chi connectivity index (χ1v) is 11.3. The number of rotatable bonds is 6. The average molecular weight is 438 g/mol. The molecule has 146 valence electrons. The molecular weight excluding hydrogens is 422 g/mol. The van der Waals surface area contributed by atoms with Gasteiger partial charge >= 0.3 is 0 Å². The van der Waals surface area contributed by atoms with Gasteiger partial charge in [-0.2, -0.15) is 0 Å². The van der Waals surface area contributed by atoms with Gasteiger partial charge in [-0.25, -0.2) is 13.4 Å². The predicted molar refractivity (Wildman–Crippen MR) is 109 cm³/mol. The number of anilines is 1. The quantitative estimate of drug-likeness (QED) is 0.456. The van der Waals surface area contributed by atoms with Crippen LogP contribution in [0.2, 0.25) is 0 Å². The summed E-state index contributed by atoms with van der Waals surface area (Å²) in [5.41, 5.74) is 0.831. The first kappa shape index (κ1) is 20.1. The number of benzene rings is 1. The van der Waals surface area contributed by atoms with Crippen LogP contribution in [0.25, 0.3) is 10.6 Å². The molecule has 1 aromatic carbocycles. The van der Waals surface area contributed by atoms with Crippen LogP contribution in [-0.4, -0.2) is 29.5 Å². The van der Waals surface area contributed by atoms with Crippen LogP contribution in [0.3, 0.4) is 0 Å². The van der Waals surface area contributed by atoms with E-state index in [1.807, 2.05) is 0 Å². The molecule has 0 saturated carbocycles. The van der Waals surface area contributed by atoms with Gasteiger partial charge in [-0.05, 0) is 38.1 Å². The maximum absolute atomic E-state index is 12.4. The lowest BCUT2D eigenvalue weighted by molar-refractivity contribution is -0.384. The molecule has 3 rings (SSSR count). The second-order valence-electron chi connectivity index (χ2n) is 6.04. The van der Waals surface area contributed by atoms with Gasteiger partial charge in [0, 0.05) is 17.0 Å². The summed E-state index contributed by atoms with van der Waals surface area (Å²) in [4.78, 5) is 27.7. The Morgan fingerprint density at radius 2 is 1.86 bits per heavy atom. The maximum Gasteiger partial charge on any atom is 0.280 e. The van der Waals surface area contributed by atoms with Gasteiger partial charge in [-0.1, -0.05) is 0 Å². The Balaban J connectivity index is 1.73. The highest BCUT2D eigenvalue weighted by atomic mass is 32.2. The molecule has 0 aliphatic carbocycles. The number of nitrogens with one attached hydrogen (secondary N) is 1. The molecule has 28 heavy (non-hydrogen) atoms. The summed E-state index contributed by atoms with van der Waals surface area (Å²) < 4.78 is 24.3. The summed E-state index contributed by atoms with van der Waals surface area (Å²) >= 11 is 2.39. The molecule has 8 nitrogen and oxygen atoms in total. The Kier molecular flexibility index (Phi) is 5.59. The van der Waals surface area contributed by atoms with Crippen molar-refractivity contribution in [3.8, 4) is 10.6 Å². The zero-order valence-corrected chi connectivity index (χ0v) is 17.2. The van der Waals surface area contributed by atoms with Crippen molar-refractivity contribution in [1.82, 2.24) is 4.98 Å². The number of hydrogen-bond acceptors (Lipinski definition) is 8. The fourth-order valence-electron chi connectivity index (χ4n) is 2.24. The fourth-order valence-corrected chi connectivity index (χ4v) is 4.89. The molecule has 0 spiro atoms. The van der Waals surface area contributed by atoms with Crippen molar-refractivity contribution in [1.29, 1.82) is 0 Å². The van der Waals surface area contributed by atoms with Crippen LogP contribution >= 0.6 is 22.7 Å². The maximum atomic E-state index is 12.4. The minimum Gasteiger partial charge on any atom is -0.298 e. The van der Waals surface area contributed by atoms with Gasteiger partial charge in [-0.3, -0.25) is 20.2 Å². The molecule has 0 aliphatic rings. The van der Waals surface area contributed by atoms with Crippen LogP contribution in [0.5, 0.6) is 0 Å². The van der Waals surface area contributed by atoms with E-state index in [-0.39, 0.29) is 10.6 Å². The van der Waals surface area contributed by atoms with E-state index >= 15 is 0 Å². The Bertz CT molecular complexity index is 1130. The number of thiazole rings is 1. The van der Waals surface area contributed by atoms with Crippen LogP contribution < -0.4 is 5.32 Å². The normalized spacial score (nSPS) is 11.5. The summed E-state index contributed by atoms with van der Waals surface area (Å²) in [5, 5.41) is 16.3. The number of amides is 1. The summed E-state index contributed by atoms with van der Waals surface area (Å²) in [5.74, 6) is -0.424. The van der Waals surface area contributed by atoms with Gasteiger partial charge in [0.05, 0.1) is 31.0 Å². The predicted octanol–water partition coefficient (Wildman–Crippen LogP) is 4.21. The molecule has 0 aliphatic heterocycles. The van der Waals surface area contributed by atoms with E-state index < -0.39 is 25.9 Å². The van der Waals surface area contributed by atoms with Gasteiger partial charge in [0.25, 0.3) is 11.6 Å². The van der Waals surface area contributed by atoms with Gasteiger partial charge in [-0.15, -0.1) is 22.7 Å². The Morgan fingerprint density at radius 1 is 1.18 bits per heavy atom. The minimum absolute atomic E-state index is 0.00461. The van der Waals surface area contributed by atoms with Crippen LogP contribution in [0.4, 0.5) is 10.8 Å². The van der Waals surface area contributed by atoms with Crippen molar-refractivity contribution in [3.63, 3.8) is 0 Å². The van der Waals surface area contributed by atoms with E-state index in [0.29, 0.717) is 21.3 Å². The Hall–Kier alpha value is -2.63. The van der Waals surface area contributed by atoms with Crippen LogP contribution in [-0.2, 0) is 9.84 Å². The van der Waals surface area contributed by atoms with Crippen molar-refractivity contribution in [2.75, 3.05) is 5.32 Å². The molecule has 0 unspecified atom stereocenters. The number of hydrogen-bond donors (Lipinski definition) is 1. The number of nitrogens with zero attached hydrogens (tertiary/aromatic N) is 2. The van der Waals surface area contributed by atoms with Crippen molar-refractivity contribution < 1.29 is 18.1 Å². The average Bonchev–Trinajstić information content (AvgIpc) is 3.31. The highest BCUT2D eigenvalue weighted by molar-refractivity contribution is 7.92. The van der Waals surface area contributed by atoms with Crippen molar-refractivity contribution >= 4 is 49.2 Å². The van der Waals surface area contributed by atoms with Crippen LogP contribution in [0.1, 0.15) is 24.2 Å². The lowest BCUT2D eigenvalue weighted by atomic mass is 10.2. The van der Waals surface area contributed by atoms with E-state index in [1.165, 1.54) is 58.4 Å². The summed E-state index contributed by atoms with van der Waals surface area (Å²) in [7, 11) is -3.40. The lowest BCUT2D eigenvalue weighted by Crippen LogP contribution is -2.15. The first-order chi connectivity index (χ1) is 13.2. The standard InChI is InChI=1S/C17H15N3O5S3/c1-10(2)28(24,25)13-5-3-11(4-6-13)16(21)19-17-18-14(9-27-17)15-7-12(8-26-15)20(22)23/h3-10H,1-2H3,(H,18,19,21). The van der Waals surface area contributed by atoms with E-state index in [9.17, 15) is 23.3 Å².